The van der Waals surface area contributed by atoms with Crippen LogP contribution >= 0.6 is 0 Å². The molecule has 0 spiro atoms. The fraction of sp³-hybridized carbons (Fsp3) is 0.385. The predicted octanol–water partition coefficient (Wildman–Crippen LogP) is 2.85. The molecule has 1 aliphatic heterocycles. The van der Waals surface area contributed by atoms with Crippen LogP contribution < -0.4 is 5.32 Å². The number of halogens is 3. The highest BCUT2D eigenvalue weighted by Gasteiger charge is 2.32. The van der Waals surface area contributed by atoms with Crippen LogP contribution in [0, 0.1) is 0 Å². The molecular weight excluding hydrogens is 257 g/mol. The quantitative estimate of drug-likeness (QED) is 0.836. The van der Waals surface area contributed by atoms with Crippen molar-refractivity contribution in [1.29, 1.82) is 0 Å². The van der Waals surface area contributed by atoms with Crippen molar-refractivity contribution in [2.24, 2.45) is 0 Å². The van der Waals surface area contributed by atoms with E-state index in [1.54, 1.807) is 18.2 Å². The summed E-state index contributed by atoms with van der Waals surface area (Å²) >= 11 is 0. The van der Waals surface area contributed by atoms with E-state index in [-0.39, 0.29) is 6.10 Å². The zero-order valence-electron chi connectivity index (χ0n) is 10.1. The van der Waals surface area contributed by atoms with Crippen molar-refractivity contribution < 1.29 is 17.9 Å². The number of morpholine rings is 1. The number of rotatable bonds is 1. The lowest BCUT2D eigenvalue weighted by Gasteiger charge is -2.23. The summed E-state index contributed by atoms with van der Waals surface area (Å²) < 4.78 is 43.4. The summed E-state index contributed by atoms with van der Waals surface area (Å²) in [5.74, 6) is 0. The van der Waals surface area contributed by atoms with E-state index in [1.165, 1.54) is 0 Å². The average molecular weight is 270 g/mol. The van der Waals surface area contributed by atoms with Crippen LogP contribution in [0.25, 0.3) is 10.9 Å². The van der Waals surface area contributed by atoms with Gasteiger partial charge in [-0.25, -0.2) is 0 Å². The Bertz CT molecular complexity index is 585. The molecule has 0 radical (unpaired) electrons. The Morgan fingerprint density at radius 1 is 1.21 bits per heavy atom. The van der Waals surface area contributed by atoms with Gasteiger partial charge in [-0.2, -0.15) is 13.2 Å². The van der Waals surface area contributed by atoms with Gasteiger partial charge in [0.2, 0.25) is 0 Å². The first-order valence-corrected chi connectivity index (χ1v) is 6.06. The van der Waals surface area contributed by atoms with Crippen molar-refractivity contribution in [3.8, 4) is 0 Å². The molecule has 1 aromatic heterocycles. The van der Waals surface area contributed by atoms with E-state index in [2.05, 4.69) is 10.3 Å². The second-order valence-electron chi connectivity index (χ2n) is 4.59. The largest absolute Gasteiger partial charge is 0.431 e. The molecular formula is C13H13F3N2O. The molecule has 1 aromatic carbocycles. The first-order chi connectivity index (χ1) is 9.04. The molecule has 0 amide bonds. The van der Waals surface area contributed by atoms with Gasteiger partial charge in [0.25, 0.3) is 0 Å². The van der Waals surface area contributed by atoms with Crippen molar-refractivity contribution in [3.05, 3.63) is 35.5 Å². The maximum absolute atomic E-state index is 12.6. The van der Waals surface area contributed by atoms with Crippen LogP contribution in [0.15, 0.2) is 24.3 Å². The number of aromatic nitrogens is 1. The topological polar surface area (TPSA) is 37.0 Å². The van der Waals surface area contributed by atoms with Gasteiger partial charge in [0.15, 0.2) is 0 Å². The van der Waals surface area contributed by atoms with Gasteiger partial charge in [0.1, 0.15) is 5.69 Å². The van der Waals surface area contributed by atoms with E-state index >= 15 is 0 Å². The standard InChI is InChI=1S/C13H13F3N2O/c14-13(15,16)12-6-9-5-8(1-2-10(9)18-12)11-7-17-3-4-19-11/h1-2,5-6,11,17-18H,3-4,7H2. The molecule has 2 N–H and O–H groups in total. The third-order valence-electron chi connectivity index (χ3n) is 3.25. The lowest BCUT2D eigenvalue weighted by molar-refractivity contribution is -0.140. The molecule has 2 aromatic rings. The molecule has 102 valence electrons. The summed E-state index contributed by atoms with van der Waals surface area (Å²) in [4.78, 5) is 2.38. The Balaban J connectivity index is 1.96. The molecule has 1 atom stereocenters. The molecule has 3 rings (SSSR count). The number of hydrogen-bond acceptors (Lipinski definition) is 2. The van der Waals surface area contributed by atoms with Crippen molar-refractivity contribution in [3.63, 3.8) is 0 Å². The van der Waals surface area contributed by atoms with Crippen LogP contribution in [0.2, 0.25) is 0 Å². The number of nitrogens with one attached hydrogen (secondary N) is 2. The summed E-state index contributed by atoms with van der Waals surface area (Å²) in [7, 11) is 0. The van der Waals surface area contributed by atoms with Crippen LogP contribution in [0.4, 0.5) is 13.2 Å². The fourth-order valence-corrected chi connectivity index (χ4v) is 2.28. The van der Waals surface area contributed by atoms with Crippen LogP contribution in [0.5, 0.6) is 0 Å². The minimum absolute atomic E-state index is 0.0950. The Morgan fingerprint density at radius 3 is 2.74 bits per heavy atom. The monoisotopic (exact) mass is 270 g/mol. The molecule has 0 bridgehead atoms. The number of aromatic amines is 1. The third-order valence-corrected chi connectivity index (χ3v) is 3.25. The van der Waals surface area contributed by atoms with E-state index in [0.29, 0.717) is 24.1 Å². The maximum Gasteiger partial charge on any atom is 0.431 e. The van der Waals surface area contributed by atoms with Crippen LogP contribution in [-0.4, -0.2) is 24.7 Å². The van der Waals surface area contributed by atoms with Crippen molar-refractivity contribution in [2.45, 2.75) is 12.3 Å². The SMILES string of the molecule is FC(F)(F)c1cc2cc(C3CNCCO3)ccc2[nH]1. The summed E-state index contributed by atoms with van der Waals surface area (Å²) in [5, 5.41) is 3.75. The van der Waals surface area contributed by atoms with E-state index in [9.17, 15) is 13.2 Å². The minimum Gasteiger partial charge on any atom is -0.371 e. The van der Waals surface area contributed by atoms with Crippen molar-refractivity contribution in [1.82, 2.24) is 10.3 Å². The van der Waals surface area contributed by atoms with Gasteiger partial charge in [-0.05, 0) is 23.8 Å². The molecule has 1 aliphatic rings. The minimum atomic E-state index is -4.35. The fourth-order valence-electron chi connectivity index (χ4n) is 2.28. The lowest BCUT2D eigenvalue weighted by atomic mass is 10.1. The lowest BCUT2D eigenvalue weighted by Crippen LogP contribution is -2.33. The normalized spacial score (nSPS) is 20.9. The molecule has 1 saturated heterocycles. The highest BCUT2D eigenvalue weighted by molar-refractivity contribution is 5.81. The van der Waals surface area contributed by atoms with Crippen LogP contribution in [0.1, 0.15) is 17.4 Å². The summed E-state index contributed by atoms with van der Waals surface area (Å²) in [5.41, 5.74) is 0.662. The number of fused-ring (bicyclic) bond motifs is 1. The van der Waals surface area contributed by atoms with E-state index in [4.69, 9.17) is 4.74 Å². The summed E-state index contributed by atoms with van der Waals surface area (Å²) in [6.45, 7) is 2.10. The molecule has 2 heterocycles. The zero-order valence-corrected chi connectivity index (χ0v) is 10.1. The zero-order chi connectivity index (χ0) is 13.5. The van der Waals surface area contributed by atoms with Gasteiger partial charge in [0.05, 0.1) is 12.7 Å². The Kier molecular flexibility index (Phi) is 2.99. The van der Waals surface area contributed by atoms with Gasteiger partial charge in [0, 0.05) is 24.0 Å². The van der Waals surface area contributed by atoms with Crippen molar-refractivity contribution >= 4 is 10.9 Å². The Morgan fingerprint density at radius 2 is 2.05 bits per heavy atom. The number of ether oxygens (including phenoxy) is 1. The average Bonchev–Trinajstić information content (AvgIpc) is 2.82. The Labute approximate surface area is 107 Å². The maximum atomic E-state index is 12.6. The molecule has 19 heavy (non-hydrogen) atoms. The van der Waals surface area contributed by atoms with Crippen molar-refractivity contribution in [2.75, 3.05) is 19.7 Å². The van der Waals surface area contributed by atoms with Gasteiger partial charge in [-0.3, -0.25) is 0 Å². The first kappa shape index (κ1) is 12.5. The molecule has 1 fully saturated rings. The summed E-state index contributed by atoms with van der Waals surface area (Å²) in [6, 6.07) is 6.35. The molecule has 1 unspecified atom stereocenters. The number of H-pyrrole nitrogens is 1. The van der Waals surface area contributed by atoms with Crippen LogP contribution in [-0.2, 0) is 10.9 Å². The van der Waals surface area contributed by atoms with E-state index in [0.717, 1.165) is 18.2 Å². The third kappa shape index (κ3) is 2.46. The molecule has 0 saturated carbocycles. The van der Waals surface area contributed by atoms with Gasteiger partial charge in [-0.1, -0.05) is 6.07 Å². The highest BCUT2D eigenvalue weighted by Crippen LogP contribution is 2.32. The molecule has 0 aliphatic carbocycles. The Hall–Kier alpha value is -1.53. The predicted molar refractivity (Wildman–Crippen MR) is 64.9 cm³/mol. The van der Waals surface area contributed by atoms with Gasteiger partial charge >= 0.3 is 6.18 Å². The van der Waals surface area contributed by atoms with E-state index in [1.807, 2.05) is 0 Å². The number of hydrogen-bond donors (Lipinski definition) is 2. The highest BCUT2D eigenvalue weighted by atomic mass is 19.4. The molecule has 3 nitrogen and oxygen atoms in total. The number of alkyl halides is 3. The smallest absolute Gasteiger partial charge is 0.371 e. The second kappa shape index (κ2) is 4.54. The van der Waals surface area contributed by atoms with Gasteiger partial charge < -0.3 is 15.0 Å². The summed E-state index contributed by atoms with van der Waals surface area (Å²) in [6.07, 6.45) is -4.44. The second-order valence-corrected chi connectivity index (χ2v) is 4.59. The first-order valence-electron chi connectivity index (χ1n) is 6.06. The van der Waals surface area contributed by atoms with Crippen LogP contribution in [0.3, 0.4) is 0 Å². The van der Waals surface area contributed by atoms with Gasteiger partial charge in [-0.15, -0.1) is 0 Å². The molecule has 6 heteroatoms. The van der Waals surface area contributed by atoms with E-state index < -0.39 is 11.9 Å². The number of benzene rings is 1.